The number of carbonyl (C=O) groups is 1. The van der Waals surface area contributed by atoms with Crippen molar-refractivity contribution in [3.8, 4) is 11.5 Å². The summed E-state index contributed by atoms with van der Waals surface area (Å²) in [6.45, 7) is 5.44. The maximum atomic E-state index is 11.0. The van der Waals surface area contributed by atoms with E-state index in [0.29, 0.717) is 12.0 Å². The highest BCUT2D eigenvalue weighted by molar-refractivity contribution is 5.85. The molecule has 1 saturated carbocycles. The number of piperazine rings is 1. The van der Waals surface area contributed by atoms with Crippen LogP contribution in [0.5, 0.6) is 11.5 Å². The molecule has 0 amide bonds. The number of rotatable bonds is 4. The lowest BCUT2D eigenvalue weighted by atomic mass is 9.76. The number of phenols is 1. The van der Waals surface area contributed by atoms with Gasteiger partial charge in [-0.3, -0.25) is 9.69 Å². The van der Waals surface area contributed by atoms with E-state index in [0.717, 1.165) is 31.7 Å². The molecule has 1 aromatic rings. The van der Waals surface area contributed by atoms with Crippen molar-refractivity contribution < 1.29 is 14.6 Å². The van der Waals surface area contributed by atoms with Crippen molar-refractivity contribution in [2.45, 2.75) is 32.2 Å². The summed E-state index contributed by atoms with van der Waals surface area (Å²) in [4.78, 5) is 13.6. The van der Waals surface area contributed by atoms with Gasteiger partial charge in [0.15, 0.2) is 11.5 Å². The van der Waals surface area contributed by atoms with E-state index in [9.17, 15) is 9.90 Å². The van der Waals surface area contributed by atoms with E-state index in [4.69, 9.17) is 4.74 Å². The highest BCUT2D eigenvalue weighted by atomic mass is 35.5. The fraction of sp³-hybridized carbons (Fsp3) is 0.588. The Morgan fingerprint density at radius 3 is 2.46 bits per heavy atom. The van der Waals surface area contributed by atoms with Gasteiger partial charge in [0, 0.05) is 39.1 Å². The summed E-state index contributed by atoms with van der Waals surface area (Å²) in [6, 6.07) is 5.82. The number of ether oxygens (including phenoxy) is 1. The first kappa shape index (κ1) is 21.0. The fourth-order valence-corrected chi connectivity index (χ4v) is 3.46. The van der Waals surface area contributed by atoms with Crippen LogP contribution in [-0.4, -0.2) is 42.2 Å². The first-order valence-corrected chi connectivity index (χ1v) is 8.11. The molecular weight excluding hydrogens is 351 g/mol. The zero-order chi connectivity index (χ0) is 15.5. The Morgan fingerprint density at radius 1 is 1.29 bits per heavy atom. The van der Waals surface area contributed by atoms with Gasteiger partial charge in [0.05, 0.1) is 0 Å². The minimum Gasteiger partial charge on any atom is -0.504 e. The molecule has 2 N–H and O–H groups in total. The van der Waals surface area contributed by atoms with Gasteiger partial charge in [-0.05, 0) is 36.5 Å². The summed E-state index contributed by atoms with van der Waals surface area (Å²) in [7, 11) is 0. The predicted molar refractivity (Wildman–Crippen MR) is 98.4 cm³/mol. The third-order valence-corrected chi connectivity index (χ3v) is 4.72. The third-order valence-electron chi connectivity index (χ3n) is 4.72. The van der Waals surface area contributed by atoms with Crippen molar-refractivity contribution >= 4 is 30.8 Å². The van der Waals surface area contributed by atoms with E-state index in [1.54, 1.807) is 12.1 Å². The lowest BCUT2D eigenvalue weighted by Crippen LogP contribution is -2.47. The molecule has 0 spiro atoms. The van der Waals surface area contributed by atoms with Crippen molar-refractivity contribution in [1.29, 1.82) is 0 Å². The molecule has 1 aliphatic heterocycles. The second-order valence-electron chi connectivity index (χ2n) is 6.24. The molecule has 1 aromatic carbocycles. The van der Waals surface area contributed by atoms with Crippen LogP contribution in [0.25, 0.3) is 0 Å². The van der Waals surface area contributed by atoms with Gasteiger partial charge in [-0.1, -0.05) is 12.5 Å². The van der Waals surface area contributed by atoms with E-state index >= 15 is 0 Å². The molecule has 1 aliphatic carbocycles. The molecule has 1 saturated heterocycles. The fourth-order valence-electron chi connectivity index (χ4n) is 3.46. The van der Waals surface area contributed by atoms with Gasteiger partial charge < -0.3 is 15.2 Å². The van der Waals surface area contributed by atoms with E-state index in [2.05, 4.69) is 10.2 Å². The van der Waals surface area contributed by atoms with Crippen molar-refractivity contribution in [3.05, 3.63) is 23.8 Å². The van der Waals surface area contributed by atoms with Crippen LogP contribution >= 0.6 is 24.8 Å². The quantitative estimate of drug-likeness (QED) is 0.624. The Bertz CT molecular complexity index is 547. The van der Waals surface area contributed by atoms with E-state index in [-0.39, 0.29) is 36.3 Å². The number of hydrogen-bond donors (Lipinski definition) is 2. The first-order chi connectivity index (χ1) is 10.6. The largest absolute Gasteiger partial charge is 0.504 e. The molecule has 2 fully saturated rings. The van der Waals surface area contributed by atoms with Crippen LogP contribution in [0.1, 0.15) is 37.8 Å². The molecule has 1 atom stereocenters. The normalized spacial score (nSPS) is 19.4. The molecule has 24 heavy (non-hydrogen) atoms. The van der Waals surface area contributed by atoms with Gasteiger partial charge in [0.2, 0.25) is 0 Å². The average molecular weight is 377 g/mol. The van der Waals surface area contributed by atoms with E-state index in [1.807, 2.05) is 6.07 Å². The molecule has 1 heterocycles. The smallest absolute Gasteiger partial charge is 0.308 e. The zero-order valence-electron chi connectivity index (χ0n) is 13.9. The number of nitrogens with one attached hydrogen (secondary N) is 1. The minimum absolute atomic E-state index is 0. The lowest BCUT2D eigenvalue weighted by Gasteiger charge is -2.43. The van der Waals surface area contributed by atoms with Crippen molar-refractivity contribution in [1.82, 2.24) is 10.2 Å². The van der Waals surface area contributed by atoms with Gasteiger partial charge in [-0.25, -0.2) is 0 Å². The van der Waals surface area contributed by atoms with Crippen molar-refractivity contribution in [2.24, 2.45) is 5.92 Å². The van der Waals surface area contributed by atoms with Crippen molar-refractivity contribution in [2.75, 3.05) is 26.2 Å². The lowest BCUT2D eigenvalue weighted by molar-refractivity contribution is -0.132. The molecule has 0 aromatic heterocycles. The number of benzene rings is 1. The standard InChI is InChI=1S/C17H24N2O3.2ClH/c1-12(20)22-16-6-5-14(11-15(16)21)17(13-3-2-4-13)19-9-7-18-8-10-19;;/h5-6,11,13,17-18,21H,2-4,7-10H2,1H3;2*1H/t17-;;/m0../s1. The number of carbonyl (C=O) groups excluding carboxylic acids is 1. The number of nitrogens with zero attached hydrogens (tertiary/aromatic N) is 1. The van der Waals surface area contributed by atoms with Gasteiger partial charge in [-0.2, -0.15) is 0 Å². The second-order valence-corrected chi connectivity index (χ2v) is 6.24. The number of esters is 1. The second kappa shape index (κ2) is 9.47. The monoisotopic (exact) mass is 376 g/mol. The molecule has 136 valence electrons. The average Bonchev–Trinajstić information content (AvgIpc) is 2.45. The van der Waals surface area contributed by atoms with Gasteiger partial charge in [0.25, 0.3) is 0 Å². The summed E-state index contributed by atoms with van der Waals surface area (Å²) in [6.07, 6.45) is 3.80. The Labute approximate surface area is 155 Å². The molecule has 0 radical (unpaired) electrons. The molecule has 7 heteroatoms. The minimum atomic E-state index is -0.416. The SMILES string of the molecule is CC(=O)Oc1ccc([C@H](C2CCC2)N2CCNCC2)cc1O.Cl.Cl. The molecule has 0 unspecified atom stereocenters. The highest BCUT2D eigenvalue weighted by Gasteiger charge is 2.33. The van der Waals surface area contributed by atoms with Gasteiger partial charge in [0.1, 0.15) is 0 Å². The van der Waals surface area contributed by atoms with Crippen LogP contribution in [0.4, 0.5) is 0 Å². The maximum Gasteiger partial charge on any atom is 0.308 e. The third kappa shape index (κ3) is 4.76. The number of phenolic OH excluding ortho intramolecular Hbond substituents is 1. The Balaban J connectivity index is 0.00000144. The number of hydrogen-bond acceptors (Lipinski definition) is 5. The number of halogens is 2. The zero-order valence-corrected chi connectivity index (χ0v) is 15.5. The molecule has 2 aliphatic rings. The van der Waals surface area contributed by atoms with Crippen LogP contribution in [0.15, 0.2) is 18.2 Å². The van der Waals surface area contributed by atoms with Crippen LogP contribution in [0.2, 0.25) is 0 Å². The Hall–Kier alpha value is -1.01. The summed E-state index contributed by atoms with van der Waals surface area (Å²) in [5.41, 5.74) is 1.13. The van der Waals surface area contributed by atoms with Gasteiger partial charge in [-0.15, -0.1) is 24.8 Å². The van der Waals surface area contributed by atoms with E-state index in [1.165, 1.54) is 26.2 Å². The summed E-state index contributed by atoms with van der Waals surface area (Å²) >= 11 is 0. The van der Waals surface area contributed by atoms with Crippen LogP contribution in [0.3, 0.4) is 0 Å². The topological polar surface area (TPSA) is 61.8 Å². The summed E-state index contributed by atoms with van der Waals surface area (Å²) in [5.74, 6) is 0.536. The van der Waals surface area contributed by atoms with Crippen molar-refractivity contribution in [3.63, 3.8) is 0 Å². The predicted octanol–water partition coefficient (Wildman–Crippen LogP) is 2.91. The Kier molecular flexibility index (Phi) is 8.30. The molecule has 3 rings (SSSR count). The first-order valence-electron chi connectivity index (χ1n) is 8.11. The Morgan fingerprint density at radius 2 is 1.96 bits per heavy atom. The summed E-state index contributed by atoms with van der Waals surface area (Å²) < 4.78 is 5.01. The molecule has 0 bridgehead atoms. The summed E-state index contributed by atoms with van der Waals surface area (Å²) in [5, 5.41) is 13.5. The van der Waals surface area contributed by atoms with Crippen LogP contribution in [-0.2, 0) is 4.79 Å². The van der Waals surface area contributed by atoms with Crippen LogP contribution in [0, 0.1) is 5.92 Å². The number of aromatic hydroxyl groups is 1. The maximum absolute atomic E-state index is 11.0. The highest BCUT2D eigenvalue weighted by Crippen LogP contribution is 2.43. The molecule has 5 nitrogen and oxygen atoms in total. The molecular formula is C17H26Cl2N2O3. The van der Waals surface area contributed by atoms with Gasteiger partial charge >= 0.3 is 5.97 Å². The van der Waals surface area contributed by atoms with E-state index < -0.39 is 5.97 Å². The van der Waals surface area contributed by atoms with Crippen LogP contribution < -0.4 is 10.1 Å².